The summed E-state index contributed by atoms with van der Waals surface area (Å²) in [6.07, 6.45) is 1.40. The van der Waals surface area contributed by atoms with E-state index in [1.54, 1.807) is 13.1 Å². The van der Waals surface area contributed by atoms with Gasteiger partial charge in [-0.3, -0.25) is 4.79 Å². The van der Waals surface area contributed by atoms with Crippen LogP contribution in [0.3, 0.4) is 0 Å². The summed E-state index contributed by atoms with van der Waals surface area (Å²) in [6, 6.07) is 4.25. The van der Waals surface area contributed by atoms with E-state index in [-0.39, 0.29) is 22.1 Å². The van der Waals surface area contributed by atoms with E-state index in [4.69, 9.17) is 11.6 Å². The van der Waals surface area contributed by atoms with Gasteiger partial charge in [0.25, 0.3) is 5.91 Å². The molecule has 0 unspecified atom stereocenters. The minimum Gasteiger partial charge on any atom is -0.357 e. The van der Waals surface area contributed by atoms with Crippen molar-refractivity contribution in [2.24, 2.45) is 0 Å². The first-order valence-corrected chi connectivity index (χ1v) is 6.42. The SMILES string of the molecule is CNC(=O)c1c(F)cccc1Nc1nc(NC)ncc1Cl. The highest BCUT2D eigenvalue weighted by Crippen LogP contribution is 2.27. The summed E-state index contributed by atoms with van der Waals surface area (Å²) in [5.74, 6) is -0.570. The molecule has 1 aromatic heterocycles. The number of hydrogen-bond donors (Lipinski definition) is 3. The van der Waals surface area contributed by atoms with Crippen molar-refractivity contribution in [3.63, 3.8) is 0 Å². The van der Waals surface area contributed by atoms with Gasteiger partial charge in [0.1, 0.15) is 10.8 Å². The summed E-state index contributed by atoms with van der Waals surface area (Å²) in [6.45, 7) is 0. The molecule has 2 aromatic rings. The van der Waals surface area contributed by atoms with Crippen molar-refractivity contribution >= 4 is 35.0 Å². The zero-order valence-electron chi connectivity index (χ0n) is 11.4. The number of carbonyl (C=O) groups is 1. The molecule has 6 nitrogen and oxygen atoms in total. The van der Waals surface area contributed by atoms with Crippen molar-refractivity contribution in [1.29, 1.82) is 0 Å². The van der Waals surface area contributed by atoms with Gasteiger partial charge in [-0.2, -0.15) is 4.98 Å². The third-order valence-electron chi connectivity index (χ3n) is 2.69. The highest BCUT2D eigenvalue weighted by molar-refractivity contribution is 6.33. The van der Waals surface area contributed by atoms with E-state index in [0.717, 1.165) is 0 Å². The molecule has 1 aromatic carbocycles. The molecular weight excluding hydrogens is 297 g/mol. The van der Waals surface area contributed by atoms with Gasteiger partial charge in [-0.1, -0.05) is 17.7 Å². The number of nitrogens with one attached hydrogen (secondary N) is 3. The van der Waals surface area contributed by atoms with E-state index in [0.29, 0.717) is 5.95 Å². The van der Waals surface area contributed by atoms with E-state index < -0.39 is 11.7 Å². The molecule has 0 spiro atoms. The molecule has 0 bridgehead atoms. The predicted molar refractivity (Wildman–Crippen MR) is 79.7 cm³/mol. The maximum atomic E-state index is 13.9. The summed E-state index contributed by atoms with van der Waals surface area (Å²) in [5.41, 5.74) is 0.151. The maximum Gasteiger partial charge on any atom is 0.256 e. The number of carbonyl (C=O) groups excluding carboxylic acids is 1. The topological polar surface area (TPSA) is 78.9 Å². The highest BCUT2D eigenvalue weighted by Gasteiger charge is 2.17. The van der Waals surface area contributed by atoms with Crippen molar-refractivity contribution in [2.45, 2.75) is 0 Å². The molecule has 0 saturated heterocycles. The smallest absolute Gasteiger partial charge is 0.256 e. The Balaban J connectivity index is 2.45. The molecule has 0 atom stereocenters. The number of hydrogen-bond acceptors (Lipinski definition) is 5. The Hall–Kier alpha value is -2.41. The van der Waals surface area contributed by atoms with E-state index in [9.17, 15) is 9.18 Å². The fourth-order valence-corrected chi connectivity index (χ4v) is 1.83. The Morgan fingerprint density at radius 2 is 2.10 bits per heavy atom. The maximum absolute atomic E-state index is 13.9. The molecule has 3 N–H and O–H groups in total. The minimum atomic E-state index is -0.640. The van der Waals surface area contributed by atoms with Crippen LogP contribution in [0.2, 0.25) is 5.02 Å². The van der Waals surface area contributed by atoms with E-state index in [1.807, 2.05) is 0 Å². The first-order chi connectivity index (χ1) is 10.1. The molecule has 0 aliphatic rings. The second kappa shape index (κ2) is 6.36. The largest absolute Gasteiger partial charge is 0.357 e. The van der Waals surface area contributed by atoms with Gasteiger partial charge in [-0.15, -0.1) is 0 Å². The third kappa shape index (κ3) is 3.19. The van der Waals surface area contributed by atoms with Crippen LogP contribution in [0.5, 0.6) is 0 Å². The summed E-state index contributed by atoms with van der Waals surface area (Å²) in [5, 5.41) is 8.25. The zero-order valence-corrected chi connectivity index (χ0v) is 12.1. The van der Waals surface area contributed by atoms with Crippen LogP contribution in [0.25, 0.3) is 0 Å². The first-order valence-electron chi connectivity index (χ1n) is 6.04. The number of amides is 1. The Bertz CT molecular complexity index is 680. The molecule has 110 valence electrons. The number of rotatable bonds is 4. The Morgan fingerprint density at radius 3 is 2.76 bits per heavy atom. The van der Waals surface area contributed by atoms with Crippen molar-refractivity contribution < 1.29 is 9.18 Å². The lowest BCUT2D eigenvalue weighted by Gasteiger charge is -2.12. The number of anilines is 3. The minimum absolute atomic E-state index is 0.110. The van der Waals surface area contributed by atoms with Crippen molar-refractivity contribution in [3.05, 3.63) is 40.8 Å². The van der Waals surface area contributed by atoms with Gasteiger partial charge in [0.05, 0.1) is 17.4 Å². The Kier molecular flexibility index (Phi) is 4.54. The standard InChI is InChI=1S/C13H13ClFN5O/c1-16-12(21)10-8(15)4-3-5-9(10)19-11-7(14)6-18-13(17-2)20-11/h3-6H,1-2H3,(H,16,21)(H2,17,18,19,20). The molecule has 0 aliphatic heterocycles. The number of aromatic nitrogens is 2. The molecule has 21 heavy (non-hydrogen) atoms. The summed E-state index contributed by atoms with van der Waals surface area (Å²) in [7, 11) is 3.08. The molecular formula is C13H13ClFN5O. The lowest BCUT2D eigenvalue weighted by atomic mass is 10.1. The van der Waals surface area contributed by atoms with Crippen molar-refractivity contribution in [3.8, 4) is 0 Å². The zero-order chi connectivity index (χ0) is 15.4. The Morgan fingerprint density at radius 1 is 1.33 bits per heavy atom. The van der Waals surface area contributed by atoms with Crippen LogP contribution in [0.15, 0.2) is 24.4 Å². The lowest BCUT2D eigenvalue weighted by molar-refractivity contribution is 0.0960. The van der Waals surface area contributed by atoms with Crippen LogP contribution in [-0.2, 0) is 0 Å². The molecule has 2 rings (SSSR count). The van der Waals surface area contributed by atoms with Crippen LogP contribution in [0, 0.1) is 5.82 Å². The van der Waals surface area contributed by atoms with Crippen LogP contribution in [0.1, 0.15) is 10.4 Å². The van der Waals surface area contributed by atoms with Gasteiger partial charge < -0.3 is 16.0 Å². The van der Waals surface area contributed by atoms with Gasteiger partial charge >= 0.3 is 0 Å². The van der Waals surface area contributed by atoms with Crippen molar-refractivity contribution in [2.75, 3.05) is 24.7 Å². The monoisotopic (exact) mass is 309 g/mol. The molecule has 0 fully saturated rings. The van der Waals surface area contributed by atoms with Crippen LogP contribution in [0.4, 0.5) is 21.8 Å². The van der Waals surface area contributed by atoms with E-state index in [1.165, 1.54) is 25.4 Å². The van der Waals surface area contributed by atoms with Crippen LogP contribution in [-0.4, -0.2) is 30.0 Å². The van der Waals surface area contributed by atoms with Gasteiger partial charge in [0.2, 0.25) is 5.95 Å². The fraction of sp³-hybridized carbons (Fsp3) is 0.154. The average Bonchev–Trinajstić information content (AvgIpc) is 2.49. The highest BCUT2D eigenvalue weighted by atomic mass is 35.5. The van der Waals surface area contributed by atoms with Gasteiger partial charge in [-0.05, 0) is 12.1 Å². The molecule has 1 heterocycles. The number of nitrogens with zero attached hydrogens (tertiary/aromatic N) is 2. The van der Waals surface area contributed by atoms with E-state index >= 15 is 0 Å². The Labute approximate surface area is 125 Å². The second-order valence-electron chi connectivity index (χ2n) is 4.01. The fourth-order valence-electron chi connectivity index (χ4n) is 1.69. The summed E-state index contributed by atoms with van der Waals surface area (Å²) < 4.78 is 13.9. The predicted octanol–water partition coefficient (Wildman–Crippen LogP) is 2.41. The van der Waals surface area contributed by atoms with Crippen molar-refractivity contribution in [1.82, 2.24) is 15.3 Å². The van der Waals surface area contributed by atoms with Gasteiger partial charge in [-0.25, -0.2) is 9.37 Å². The molecule has 0 saturated carbocycles. The first kappa shape index (κ1) is 15.0. The van der Waals surface area contributed by atoms with Crippen LogP contribution >= 0.6 is 11.6 Å². The summed E-state index contributed by atoms with van der Waals surface area (Å²) >= 11 is 6.00. The quantitative estimate of drug-likeness (QED) is 0.808. The van der Waals surface area contributed by atoms with Gasteiger partial charge in [0.15, 0.2) is 5.82 Å². The normalized spacial score (nSPS) is 10.1. The molecule has 0 radical (unpaired) electrons. The summed E-state index contributed by atoms with van der Waals surface area (Å²) in [4.78, 5) is 19.8. The second-order valence-corrected chi connectivity index (χ2v) is 4.41. The van der Waals surface area contributed by atoms with Crippen LogP contribution < -0.4 is 16.0 Å². The average molecular weight is 310 g/mol. The number of benzene rings is 1. The van der Waals surface area contributed by atoms with Gasteiger partial charge in [0, 0.05) is 14.1 Å². The third-order valence-corrected chi connectivity index (χ3v) is 2.97. The molecule has 0 aliphatic carbocycles. The molecule has 1 amide bonds. The molecule has 8 heteroatoms. The van der Waals surface area contributed by atoms with E-state index in [2.05, 4.69) is 25.9 Å². The lowest BCUT2D eigenvalue weighted by Crippen LogP contribution is -2.20. The number of halogens is 2.